The highest BCUT2D eigenvalue weighted by Crippen LogP contribution is 2.32. The van der Waals surface area contributed by atoms with E-state index in [1.807, 2.05) is 6.07 Å². The molecule has 0 bridgehead atoms. The fourth-order valence-electron chi connectivity index (χ4n) is 4.14. The number of hydrogen-bond acceptors (Lipinski definition) is 3. The van der Waals surface area contributed by atoms with E-state index in [0.29, 0.717) is 18.4 Å². The summed E-state index contributed by atoms with van der Waals surface area (Å²) in [5.74, 6) is 1.06. The molecule has 4 nitrogen and oxygen atoms in total. The van der Waals surface area contributed by atoms with Crippen molar-refractivity contribution in [1.82, 2.24) is 10.2 Å². The first-order valence-electron chi connectivity index (χ1n) is 9.53. The van der Waals surface area contributed by atoms with Crippen molar-refractivity contribution in [1.29, 1.82) is 0 Å². The second kappa shape index (κ2) is 7.42. The van der Waals surface area contributed by atoms with Crippen LogP contribution in [0.1, 0.15) is 31.2 Å². The van der Waals surface area contributed by atoms with Gasteiger partial charge in [0.05, 0.1) is 18.6 Å². The topological polar surface area (TPSA) is 41.6 Å². The maximum atomic E-state index is 13.4. The van der Waals surface area contributed by atoms with E-state index in [1.54, 1.807) is 12.1 Å². The molecule has 5 heteroatoms. The Hall–Kier alpha value is -1.46. The molecule has 1 aliphatic carbocycles. The molecule has 1 aromatic carbocycles. The first kappa shape index (κ1) is 17.0. The minimum Gasteiger partial charge on any atom is -0.377 e. The predicted molar refractivity (Wildman–Crippen MR) is 93.4 cm³/mol. The lowest BCUT2D eigenvalue weighted by atomic mass is 9.83. The van der Waals surface area contributed by atoms with Gasteiger partial charge in [0.25, 0.3) is 0 Å². The standard InChI is InChI=1S/C20H27FN2O2/c21-18-3-1-2-15(8-18)11-23-7-6-19-16(12-23)9-17(13-25-19)20(24)22-10-14-4-5-14/h1-3,8,14,16-17,19H,4-7,9-13H2,(H,22,24)/t16-,17-,19+/m1/s1. The average Bonchev–Trinajstić information content (AvgIpc) is 3.43. The molecule has 1 N–H and O–H groups in total. The van der Waals surface area contributed by atoms with Crippen molar-refractivity contribution in [2.75, 3.05) is 26.2 Å². The Balaban J connectivity index is 1.31. The van der Waals surface area contributed by atoms with E-state index in [2.05, 4.69) is 10.2 Å². The molecule has 3 fully saturated rings. The maximum Gasteiger partial charge on any atom is 0.225 e. The Kier molecular flexibility index (Phi) is 5.04. The molecule has 0 radical (unpaired) electrons. The maximum absolute atomic E-state index is 13.4. The third-order valence-corrected chi connectivity index (χ3v) is 5.77. The quantitative estimate of drug-likeness (QED) is 0.891. The van der Waals surface area contributed by atoms with Crippen LogP contribution in [0.5, 0.6) is 0 Å². The van der Waals surface area contributed by atoms with Crippen LogP contribution in [-0.4, -0.2) is 43.2 Å². The summed E-state index contributed by atoms with van der Waals surface area (Å²) >= 11 is 0. The van der Waals surface area contributed by atoms with Gasteiger partial charge < -0.3 is 10.1 Å². The summed E-state index contributed by atoms with van der Waals surface area (Å²) in [5, 5.41) is 3.09. The highest BCUT2D eigenvalue weighted by molar-refractivity contribution is 5.78. The van der Waals surface area contributed by atoms with Gasteiger partial charge in [-0.25, -0.2) is 4.39 Å². The van der Waals surface area contributed by atoms with Crippen molar-refractivity contribution in [2.24, 2.45) is 17.8 Å². The molecular weight excluding hydrogens is 319 g/mol. The van der Waals surface area contributed by atoms with Crippen molar-refractivity contribution >= 4 is 5.91 Å². The minimum atomic E-state index is -0.180. The minimum absolute atomic E-state index is 0.0193. The van der Waals surface area contributed by atoms with Crippen LogP contribution in [0.15, 0.2) is 24.3 Å². The molecule has 1 aromatic rings. The molecule has 3 aliphatic rings. The van der Waals surface area contributed by atoms with E-state index in [9.17, 15) is 9.18 Å². The third kappa shape index (κ3) is 4.39. The number of rotatable bonds is 5. The number of amides is 1. The van der Waals surface area contributed by atoms with Crippen molar-refractivity contribution in [3.63, 3.8) is 0 Å². The summed E-state index contributed by atoms with van der Waals surface area (Å²) < 4.78 is 19.4. The van der Waals surface area contributed by atoms with Crippen molar-refractivity contribution in [3.8, 4) is 0 Å². The van der Waals surface area contributed by atoms with Gasteiger partial charge in [0.2, 0.25) is 5.91 Å². The molecule has 3 atom stereocenters. The average molecular weight is 346 g/mol. The Morgan fingerprint density at radius 1 is 1.32 bits per heavy atom. The SMILES string of the molecule is O=C(NCC1CC1)[C@H]1CO[C@H]2CCN(Cc3cccc(F)c3)C[C@H]2C1. The molecule has 0 unspecified atom stereocenters. The van der Waals surface area contributed by atoms with Crippen LogP contribution in [0.4, 0.5) is 4.39 Å². The highest BCUT2D eigenvalue weighted by atomic mass is 19.1. The normalized spacial score (nSPS) is 29.9. The van der Waals surface area contributed by atoms with Crippen molar-refractivity contribution in [3.05, 3.63) is 35.6 Å². The Bertz CT molecular complexity index is 619. The summed E-state index contributed by atoms with van der Waals surface area (Å²) in [4.78, 5) is 14.7. The molecule has 2 saturated heterocycles. The number of likely N-dealkylation sites (tertiary alicyclic amines) is 1. The van der Waals surface area contributed by atoms with E-state index in [0.717, 1.165) is 44.6 Å². The number of nitrogens with one attached hydrogen (secondary N) is 1. The van der Waals surface area contributed by atoms with Crippen LogP contribution in [-0.2, 0) is 16.1 Å². The van der Waals surface area contributed by atoms with Gasteiger partial charge in [0, 0.05) is 26.2 Å². The number of hydrogen-bond donors (Lipinski definition) is 1. The van der Waals surface area contributed by atoms with Gasteiger partial charge in [-0.2, -0.15) is 0 Å². The fraction of sp³-hybridized carbons (Fsp3) is 0.650. The second-order valence-corrected chi connectivity index (χ2v) is 7.91. The molecule has 2 aliphatic heterocycles. The lowest BCUT2D eigenvalue weighted by Gasteiger charge is -2.43. The fourth-order valence-corrected chi connectivity index (χ4v) is 4.14. The van der Waals surface area contributed by atoms with Crippen LogP contribution in [0.2, 0.25) is 0 Å². The van der Waals surface area contributed by atoms with Gasteiger partial charge in [-0.05, 0) is 55.2 Å². The highest BCUT2D eigenvalue weighted by Gasteiger charge is 2.38. The third-order valence-electron chi connectivity index (χ3n) is 5.77. The second-order valence-electron chi connectivity index (χ2n) is 7.91. The first-order valence-corrected chi connectivity index (χ1v) is 9.53. The zero-order chi connectivity index (χ0) is 17.2. The first-order chi connectivity index (χ1) is 12.2. The number of carbonyl (C=O) groups excluding carboxylic acids is 1. The zero-order valence-corrected chi connectivity index (χ0v) is 14.6. The van der Waals surface area contributed by atoms with Gasteiger partial charge in [0.15, 0.2) is 0 Å². The summed E-state index contributed by atoms with van der Waals surface area (Å²) in [6.45, 7) is 4.04. The Morgan fingerprint density at radius 2 is 2.20 bits per heavy atom. The number of piperidine rings is 1. The van der Waals surface area contributed by atoms with Crippen LogP contribution in [0.25, 0.3) is 0 Å². The summed E-state index contributed by atoms with van der Waals surface area (Å²) in [6.07, 6.45) is 4.68. The summed E-state index contributed by atoms with van der Waals surface area (Å²) in [5.41, 5.74) is 1.01. The van der Waals surface area contributed by atoms with E-state index in [4.69, 9.17) is 4.74 Å². The molecule has 136 valence electrons. The number of benzene rings is 1. The lowest BCUT2D eigenvalue weighted by molar-refractivity contribution is -0.139. The van der Waals surface area contributed by atoms with Gasteiger partial charge in [-0.1, -0.05) is 12.1 Å². The van der Waals surface area contributed by atoms with Crippen LogP contribution < -0.4 is 5.32 Å². The number of nitrogens with zero attached hydrogens (tertiary/aromatic N) is 1. The van der Waals surface area contributed by atoms with E-state index < -0.39 is 0 Å². The summed E-state index contributed by atoms with van der Waals surface area (Å²) in [6, 6.07) is 6.83. The van der Waals surface area contributed by atoms with E-state index >= 15 is 0 Å². The van der Waals surface area contributed by atoms with E-state index in [-0.39, 0.29) is 23.7 Å². The van der Waals surface area contributed by atoms with Gasteiger partial charge in [-0.3, -0.25) is 9.69 Å². The Labute approximate surface area is 148 Å². The van der Waals surface area contributed by atoms with Crippen molar-refractivity contribution in [2.45, 2.75) is 38.3 Å². The smallest absolute Gasteiger partial charge is 0.225 e. The molecule has 0 spiro atoms. The van der Waals surface area contributed by atoms with Crippen molar-refractivity contribution < 1.29 is 13.9 Å². The van der Waals surface area contributed by atoms with Gasteiger partial charge in [-0.15, -0.1) is 0 Å². The molecule has 4 rings (SSSR count). The monoisotopic (exact) mass is 346 g/mol. The van der Waals surface area contributed by atoms with E-state index in [1.165, 1.54) is 18.9 Å². The Morgan fingerprint density at radius 3 is 3.00 bits per heavy atom. The molecule has 2 heterocycles. The molecule has 1 saturated carbocycles. The van der Waals surface area contributed by atoms with Gasteiger partial charge >= 0.3 is 0 Å². The molecule has 0 aromatic heterocycles. The van der Waals surface area contributed by atoms with Gasteiger partial charge in [0.1, 0.15) is 5.82 Å². The molecular formula is C20H27FN2O2. The number of halogens is 1. The van der Waals surface area contributed by atoms with Crippen LogP contribution in [0.3, 0.4) is 0 Å². The molecule has 25 heavy (non-hydrogen) atoms. The number of ether oxygens (including phenoxy) is 1. The number of fused-ring (bicyclic) bond motifs is 1. The predicted octanol–water partition coefficient (Wildman–Crippen LogP) is 2.58. The summed E-state index contributed by atoms with van der Waals surface area (Å²) in [7, 11) is 0. The van der Waals surface area contributed by atoms with Crippen LogP contribution in [0, 0.1) is 23.6 Å². The largest absolute Gasteiger partial charge is 0.377 e. The lowest BCUT2D eigenvalue weighted by Crippen LogP contribution is -2.50. The molecule has 1 amide bonds. The number of carbonyl (C=O) groups is 1. The van der Waals surface area contributed by atoms with Crippen LogP contribution >= 0.6 is 0 Å². The zero-order valence-electron chi connectivity index (χ0n) is 14.6.